The van der Waals surface area contributed by atoms with Gasteiger partial charge >= 0.3 is 0 Å². The first-order chi connectivity index (χ1) is 25.8. The molecule has 2 aliphatic heterocycles. The molecule has 0 aromatic heterocycles. The lowest BCUT2D eigenvalue weighted by molar-refractivity contribution is 0.0591. The standard InChI is InChI=1S/C40H34Br8N2O4/c1-3-5-7-9-11-13-15-49-37(51)25-19-17-21(29(41)33(25)45)23-18-20-27(35(47)31(23)43)39(53)50(16-14-12-10-8-6-4-2)40(54)28(20)36(48)32(44)24(18)22(17)30(42)34(46)26(19)38(49)52/h3-16H2,1-2H3. The molecule has 6 nitrogen and oxygen atoms in total. The lowest BCUT2D eigenvalue weighted by Crippen LogP contribution is -2.41. The molecule has 7 rings (SSSR count). The van der Waals surface area contributed by atoms with Crippen LogP contribution in [0.1, 0.15) is 132 Å². The first-order valence-corrected chi connectivity index (χ1v) is 24.6. The lowest BCUT2D eigenvalue weighted by atomic mass is 9.82. The Labute approximate surface area is 381 Å². The van der Waals surface area contributed by atoms with Crippen LogP contribution in [-0.4, -0.2) is 46.5 Å². The number of carbonyl (C=O) groups excluding carboxylic acids is 4. The Bertz CT molecular complexity index is 2150. The highest BCUT2D eigenvalue weighted by atomic mass is 79.9. The summed E-state index contributed by atoms with van der Waals surface area (Å²) in [4.78, 5) is 60.6. The van der Waals surface area contributed by atoms with Crippen LogP contribution in [0.25, 0.3) is 43.1 Å². The minimum atomic E-state index is -0.349. The van der Waals surface area contributed by atoms with Crippen LogP contribution < -0.4 is 0 Å². The van der Waals surface area contributed by atoms with E-state index in [-0.39, 0.29) is 23.6 Å². The molecule has 284 valence electrons. The van der Waals surface area contributed by atoms with Crippen molar-refractivity contribution in [2.24, 2.45) is 0 Å². The molecule has 0 spiro atoms. The van der Waals surface area contributed by atoms with Crippen molar-refractivity contribution in [3.8, 4) is 0 Å². The summed E-state index contributed by atoms with van der Waals surface area (Å²) < 4.78 is 4.62. The van der Waals surface area contributed by atoms with Gasteiger partial charge in [0.1, 0.15) is 0 Å². The van der Waals surface area contributed by atoms with Crippen molar-refractivity contribution in [2.45, 2.75) is 90.9 Å². The number of fused-ring (bicyclic) bond motifs is 2. The highest BCUT2D eigenvalue weighted by Crippen LogP contribution is 2.59. The number of hydrogen-bond donors (Lipinski definition) is 0. The van der Waals surface area contributed by atoms with E-state index in [1.54, 1.807) is 0 Å². The highest BCUT2D eigenvalue weighted by Gasteiger charge is 2.43. The van der Waals surface area contributed by atoms with Gasteiger partial charge in [0.15, 0.2) is 0 Å². The molecular weight excluding hydrogens is 1210 g/mol. The highest BCUT2D eigenvalue weighted by molar-refractivity contribution is 9.14. The van der Waals surface area contributed by atoms with E-state index in [9.17, 15) is 19.2 Å². The molecule has 4 amide bonds. The van der Waals surface area contributed by atoms with Crippen LogP contribution in [0.3, 0.4) is 0 Å². The zero-order valence-electron chi connectivity index (χ0n) is 29.5. The van der Waals surface area contributed by atoms with Crippen LogP contribution in [0, 0.1) is 0 Å². The van der Waals surface area contributed by atoms with Gasteiger partial charge < -0.3 is 0 Å². The summed E-state index contributed by atoms with van der Waals surface area (Å²) in [5.41, 5.74) is 1.63. The van der Waals surface area contributed by atoms with Gasteiger partial charge in [-0.15, -0.1) is 0 Å². The van der Waals surface area contributed by atoms with E-state index in [4.69, 9.17) is 0 Å². The summed E-state index contributed by atoms with van der Waals surface area (Å²) in [7, 11) is 0. The number of imide groups is 2. The zero-order valence-corrected chi connectivity index (χ0v) is 42.1. The molecule has 0 fully saturated rings. The lowest BCUT2D eigenvalue weighted by Gasteiger charge is -2.33. The largest absolute Gasteiger partial charge is 0.274 e. The number of benzene rings is 5. The van der Waals surface area contributed by atoms with E-state index >= 15 is 0 Å². The fourth-order valence-corrected chi connectivity index (χ4v) is 12.9. The van der Waals surface area contributed by atoms with Crippen molar-refractivity contribution in [2.75, 3.05) is 13.1 Å². The third kappa shape index (κ3) is 6.38. The smallest absolute Gasteiger partial charge is 0.262 e. The summed E-state index contributed by atoms with van der Waals surface area (Å²) in [6.07, 6.45) is 12.4. The van der Waals surface area contributed by atoms with Crippen molar-refractivity contribution in [1.29, 1.82) is 0 Å². The van der Waals surface area contributed by atoms with Crippen LogP contribution in [0.4, 0.5) is 0 Å². The van der Waals surface area contributed by atoms with Crippen molar-refractivity contribution >= 4 is 194 Å². The Balaban J connectivity index is 1.50. The molecule has 0 radical (unpaired) electrons. The van der Waals surface area contributed by atoms with E-state index in [0.29, 0.717) is 92.7 Å². The Morgan fingerprint density at radius 2 is 0.556 bits per heavy atom. The maximum absolute atomic E-state index is 14.4. The summed E-state index contributed by atoms with van der Waals surface area (Å²) in [5, 5.41) is 5.43. The second-order valence-corrected chi connectivity index (χ2v) is 20.4. The third-order valence-corrected chi connectivity index (χ3v) is 19.3. The minimum absolute atomic E-state index is 0.324. The number of carbonyl (C=O) groups is 4. The van der Waals surface area contributed by atoms with Crippen molar-refractivity contribution in [3.05, 3.63) is 58.0 Å². The van der Waals surface area contributed by atoms with Crippen LogP contribution in [0.15, 0.2) is 35.8 Å². The molecule has 5 aromatic carbocycles. The number of amides is 4. The molecular formula is C40H34Br8N2O4. The summed E-state index contributed by atoms with van der Waals surface area (Å²) in [6.45, 7) is 5.01. The Hall–Kier alpha value is -0.480. The molecule has 2 aliphatic rings. The van der Waals surface area contributed by atoms with Gasteiger partial charge in [-0.25, -0.2) is 0 Å². The van der Waals surface area contributed by atoms with Crippen molar-refractivity contribution in [3.63, 3.8) is 0 Å². The number of rotatable bonds is 14. The quantitative estimate of drug-likeness (QED) is 0.0481. The van der Waals surface area contributed by atoms with Gasteiger partial charge in [-0.1, -0.05) is 78.1 Å². The predicted octanol–water partition coefficient (Wildman–Crippen LogP) is 15.8. The van der Waals surface area contributed by atoms with E-state index < -0.39 is 0 Å². The average Bonchev–Trinajstić information content (AvgIpc) is 3.14. The zero-order chi connectivity index (χ0) is 38.9. The Morgan fingerprint density at radius 1 is 0.315 bits per heavy atom. The van der Waals surface area contributed by atoms with Gasteiger partial charge in [-0.05, 0) is 140 Å². The SMILES string of the molecule is CCCCCCCCN1C(=O)c2c(Br)c(Br)c3c4c(Br)c(Br)c5c6c(c(Br)c(Br)c(c7c(Br)c(Br)c(c2c37)C1=O)c64)C(=O)N(CCCCCCCC)C5=O. The predicted molar refractivity (Wildman–Crippen MR) is 247 cm³/mol. The average molecular weight is 1250 g/mol. The maximum Gasteiger partial charge on any atom is 0.262 e. The van der Waals surface area contributed by atoms with Crippen molar-refractivity contribution < 1.29 is 19.2 Å². The van der Waals surface area contributed by atoms with Gasteiger partial charge in [0, 0.05) is 92.0 Å². The second kappa shape index (κ2) is 16.6. The Morgan fingerprint density at radius 3 is 0.815 bits per heavy atom. The molecule has 54 heavy (non-hydrogen) atoms. The number of nitrogens with zero attached hydrogens (tertiary/aromatic N) is 2. The molecule has 0 saturated heterocycles. The van der Waals surface area contributed by atoms with E-state index in [2.05, 4.69) is 141 Å². The number of unbranched alkanes of at least 4 members (excludes halogenated alkanes) is 10. The molecule has 0 N–H and O–H groups in total. The monoisotopic (exact) mass is 1240 g/mol. The molecule has 0 aliphatic carbocycles. The third-order valence-electron chi connectivity index (χ3n) is 10.8. The first-order valence-electron chi connectivity index (χ1n) is 18.3. The topological polar surface area (TPSA) is 74.8 Å². The molecule has 0 unspecified atom stereocenters. The Kier molecular flexibility index (Phi) is 12.8. The normalized spacial score (nSPS) is 14.5. The van der Waals surface area contributed by atoms with Gasteiger partial charge in [0.25, 0.3) is 23.6 Å². The van der Waals surface area contributed by atoms with Crippen LogP contribution in [0.2, 0.25) is 0 Å². The second-order valence-electron chi connectivity index (χ2n) is 14.1. The van der Waals surface area contributed by atoms with E-state index in [1.807, 2.05) is 0 Å². The summed E-state index contributed by atoms with van der Waals surface area (Å²) in [6, 6.07) is 0. The van der Waals surface area contributed by atoms with Crippen LogP contribution in [0.5, 0.6) is 0 Å². The number of hydrogen-bond acceptors (Lipinski definition) is 4. The molecule has 5 aromatic rings. The molecule has 0 atom stereocenters. The summed E-state index contributed by atoms with van der Waals surface area (Å²) in [5.74, 6) is -1.39. The minimum Gasteiger partial charge on any atom is -0.274 e. The fourth-order valence-electron chi connectivity index (χ4n) is 8.23. The van der Waals surface area contributed by atoms with Gasteiger partial charge in [0.2, 0.25) is 0 Å². The molecule has 14 heteroatoms. The maximum atomic E-state index is 14.4. The molecule has 2 heterocycles. The van der Waals surface area contributed by atoms with Crippen LogP contribution in [-0.2, 0) is 0 Å². The van der Waals surface area contributed by atoms with E-state index in [0.717, 1.165) is 85.8 Å². The summed E-state index contributed by atoms with van der Waals surface area (Å²) >= 11 is 30.8. The molecule has 0 bridgehead atoms. The van der Waals surface area contributed by atoms with Crippen LogP contribution >= 0.6 is 127 Å². The van der Waals surface area contributed by atoms with E-state index in [1.165, 1.54) is 22.6 Å². The van der Waals surface area contributed by atoms with Gasteiger partial charge in [-0.2, -0.15) is 0 Å². The number of halogens is 8. The van der Waals surface area contributed by atoms with Gasteiger partial charge in [-0.3, -0.25) is 29.0 Å². The van der Waals surface area contributed by atoms with Gasteiger partial charge in [0.05, 0.1) is 22.3 Å². The fraction of sp³-hybridized carbons (Fsp3) is 0.400. The van der Waals surface area contributed by atoms with Crippen molar-refractivity contribution in [1.82, 2.24) is 9.80 Å². The molecule has 0 saturated carbocycles. The first kappa shape index (κ1) is 41.7.